The Labute approximate surface area is 139 Å². The molecule has 0 atom stereocenters. The first-order valence-corrected chi connectivity index (χ1v) is 8.76. The van der Waals surface area contributed by atoms with E-state index in [4.69, 9.17) is 5.73 Å². The topological polar surface area (TPSA) is 125 Å². The molecule has 0 aliphatic carbocycles. The van der Waals surface area contributed by atoms with Crippen LogP contribution in [0.5, 0.6) is 5.75 Å². The second-order valence-electron chi connectivity index (χ2n) is 5.23. The number of phenols is 1. The van der Waals surface area contributed by atoms with Crippen LogP contribution in [0.25, 0.3) is 21.9 Å². The molecule has 0 unspecified atom stereocenters. The summed E-state index contributed by atoms with van der Waals surface area (Å²) in [6.45, 7) is 0.0678. The van der Waals surface area contributed by atoms with Crippen LogP contribution in [0.4, 0.5) is 0 Å². The highest BCUT2D eigenvalue weighted by Gasteiger charge is 2.18. The fraction of sp³-hybridized carbons (Fsp3) is 0.118. The number of sulfone groups is 1. The zero-order valence-electron chi connectivity index (χ0n) is 12.8. The van der Waals surface area contributed by atoms with Crippen LogP contribution >= 0.6 is 0 Å². The molecule has 5 N–H and O–H groups in total. The molecule has 1 heterocycles. The van der Waals surface area contributed by atoms with Gasteiger partial charge in [0.1, 0.15) is 5.75 Å². The van der Waals surface area contributed by atoms with Gasteiger partial charge in [-0.25, -0.2) is 8.42 Å². The van der Waals surface area contributed by atoms with Crippen molar-refractivity contribution < 1.29 is 19.0 Å². The molecule has 0 aliphatic rings. The number of aromatic nitrogens is 1. The Morgan fingerprint density at radius 3 is 2.42 bits per heavy atom. The molecule has 126 valence electrons. The molecule has 0 saturated carbocycles. The van der Waals surface area contributed by atoms with Gasteiger partial charge in [0.2, 0.25) is 0 Å². The van der Waals surface area contributed by atoms with Crippen molar-refractivity contribution in [2.24, 2.45) is 5.73 Å². The van der Waals surface area contributed by atoms with E-state index in [0.29, 0.717) is 5.39 Å². The first kappa shape index (κ1) is 17.9. The standard InChI is InChI=1S/C17H16N2O3S.H2O/c18-6-8-23(21,22)17-10-13(12-1-3-15(20)4-2-12)9-14-11-19-7-5-16(14)17;/h1-5,7,9-11,20H,6,8,18H2;1H2. The van der Waals surface area contributed by atoms with E-state index in [9.17, 15) is 13.5 Å². The fourth-order valence-corrected chi connectivity index (χ4v) is 3.87. The third-order valence-electron chi connectivity index (χ3n) is 3.64. The van der Waals surface area contributed by atoms with Crippen LogP contribution in [-0.2, 0) is 9.84 Å². The van der Waals surface area contributed by atoms with E-state index in [1.165, 1.54) is 0 Å². The number of aromatic hydroxyl groups is 1. The van der Waals surface area contributed by atoms with Crippen molar-refractivity contribution in [3.63, 3.8) is 0 Å². The SMILES string of the molecule is NCCS(=O)(=O)c1cc(-c2ccc(O)cc2)cc2cnccc12.O. The maximum Gasteiger partial charge on any atom is 0.180 e. The van der Waals surface area contributed by atoms with Gasteiger partial charge in [-0.05, 0) is 41.5 Å². The van der Waals surface area contributed by atoms with Crippen LogP contribution in [0.2, 0.25) is 0 Å². The van der Waals surface area contributed by atoms with E-state index in [1.807, 2.05) is 6.07 Å². The number of hydrogen-bond acceptors (Lipinski definition) is 5. The number of rotatable bonds is 4. The van der Waals surface area contributed by atoms with Crippen molar-refractivity contribution in [1.29, 1.82) is 0 Å². The summed E-state index contributed by atoms with van der Waals surface area (Å²) in [5.41, 5.74) is 7.01. The van der Waals surface area contributed by atoms with Gasteiger partial charge in [0.25, 0.3) is 0 Å². The Hall–Kier alpha value is -2.48. The molecule has 6 nitrogen and oxygen atoms in total. The van der Waals surface area contributed by atoms with E-state index in [1.54, 1.807) is 48.8 Å². The van der Waals surface area contributed by atoms with Crippen LogP contribution in [0.15, 0.2) is 59.8 Å². The van der Waals surface area contributed by atoms with Gasteiger partial charge in [-0.3, -0.25) is 4.98 Å². The number of nitrogens with two attached hydrogens (primary N) is 1. The second-order valence-corrected chi connectivity index (χ2v) is 7.30. The molecule has 0 amide bonds. The van der Waals surface area contributed by atoms with Crippen molar-refractivity contribution in [3.8, 4) is 16.9 Å². The molecule has 3 rings (SSSR count). The zero-order chi connectivity index (χ0) is 16.4. The summed E-state index contributed by atoms with van der Waals surface area (Å²) in [6.07, 6.45) is 3.21. The predicted octanol–water partition coefficient (Wildman–Crippen LogP) is 1.52. The van der Waals surface area contributed by atoms with Crippen molar-refractivity contribution in [2.75, 3.05) is 12.3 Å². The lowest BCUT2D eigenvalue weighted by Gasteiger charge is -2.11. The average molecular weight is 346 g/mol. The Balaban J connectivity index is 0.00000208. The van der Waals surface area contributed by atoms with Crippen molar-refractivity contribution in [1.82, 2.24) is 4.98 Å². The maximum absolute atomic E-state index is 12.5. The summed E-state index contributed by atoms with van der Waals surface area (Å²) in [5.74, 6) is 0.0517. The van der Waals surface area contributed by atoms with Gasteiger partial charge < -0.3 is 16.3 Å². The number of nitrogens with zero attached hydrogens (tertiary/aromatic N) is 1. The summed E-state index contributed by atoms with van der Waals surface area (Å²) in [6, 6.07) is 11.8. The quantitative estimate of drug-likeness (QED) is 0.741. The minimum Gasteiger partial charge on any atom is -0.508 e. The summed E-state index contributed by atoms with van der Waals surface area (Å²) in [4.78, 5) is 4.33. The van der Waals surface area contributed by atoms with Crippen molar-refractivity contribution >= 4 is 20.6 Å². The highest BCUT2D eigenvalue weighted by Crippen LogP contribution is 2.31. The Morgan fingerprint density at radius 1 is 1.04 bits per heavy atom. The minimum atomic E-state index is -3.48. The molecule has 24 heavy (non-hydrogen) atoms. The molecule has 0 aliphatic heterocycles. The van der Waals surface area contributed by atoms with E-state index < -0.39 is 9.84 Å². The highest BCUT2D eigenvalue weighted by molar-refractivity contribution is 7.91. The summed E-state index contributed by atoms with van der Waals surface area (Å²) in [7, 11) is -3.48. The molecule has 0 spiro atoms. The lowest BCUT2D eigenvalue weighted by Crippen LogP contribution is -2.16. The van der Waals surface area contributed by atoms with Gasteiger partial charge in [0.05, 0.1) is 10.6 Å². The lowest BCUT2D eigenvalue weighted by atomic mass is 10.0. The predicted molar refractivity (Wildman–Crippen MR) is 93.6 cm³/mol. The Bertz CT molecular complexity index is 954. The molecule has 1 aromatic heterocycles. The highest BCUT2D eigenvalue weighted by atomic mass is 32.2. The normalized spacial score (nSPS) is 11.2. The smallest absolute Gasteiger partial charge is 0.180 e. The van der Waals surface area contributed by atoms with Crippen molar-refractivity contribution in [2.45, 2.75) is 4.90 Å². The van der Waals surface area contributed by atoms with E-state index in [-0.39, 0.29) is 28.4 Å². The molecule has 0 bridgehead atoms. The fourth-order valence-electron chi connectivity index (χ4n) is 2.52. The molecular weight excluding hydrogens is 328 g/mol. The number of pyridine rings is 1. The molecule has 0 saturated heterocycles. The molecule has 7 heteroatoms. The monoisotopic (exact) mass is 346 g/mol. The van der Waals surface area contributed by atoms with Gasteiger partial charge in [-0.1, -0.05) is 12.1 Å². The number of hydrogen-bond donors (Lipinski definition) is 2. The van der Waals surface area contributed by atoms with Crippen LogP contribution in [-0.4, -0.2) is 36.3 Å². The maximum atomic E-state index is 12.5. The third kappa shape index (κ3) is 3.38. The minimum absolute atomic E-state index is 0. The largest absolute Gasteiger partial charge is 0.508 e. The third-order valence-corrected chi connectivity index (χ3v) is 5.42. The van der Waals surface area contributed by atoms with E-state index in [2.05, 4.69) is 4.98 Å². The first-order valence-electron chi connectivity index (χ1n) is 7.11. The lowest BCUT2D eigenvalue weighted by molar-refractivity contribution is 0.475. The second kappa shape index (κ2) is 6.96. The number of benzene rings is 2. The van der Waals surface area contributed by atoms with Gasteiger partial charge in [0.15, 0.2) is 9.84 Å². The Kier molecular flexibility index (Phi) is 5.18. The number of phenolic OH excluding ortho intramolecular Hbond substituents is 1. The Morgan fingerprint density at radius 2 is 1.75 bits per heavy atom. The van der Waals surface area contributed by atoms with E-state index in [0.717, 1.165) is 16.5 Å². The summed E-state index contributed by atoms with van der Waals surface area (Å²) in [5, 5.41) is 10.8. The van der Waals surface area contributed by atoms with Gasteiger partial charge in [-0.15, -0.1) is 0 Å². The van der Waals surface area contributed by atoms with Crippen LogP contribution in [0.1, 0.15) is 0 Å². The van der Waals surface area contributed by atoms with Gasteiger partial charge in [-0.2, -0.15) is 0 Å². The average Bonchev–Trinajstić information content (AvgIpc) is 2.54. The first-order chi connectivity index (χ1) is 11.0. The molecular formula is C17H18N2O4S. The molecule has 3 aromatic rings. The van der Waals surface area contributed by atoms with Gasteiger partial charge in [0, 0.05) is 29.7 Å². The van der Waals surface area contributed by atoms with Crippen LogP contribution in [0, 0.1) is 0 Å². The number of fused-ring (bicyclic) bond motifs is 1. The summed E-state index contributed by atoms with van der Waals surface area (Å²) >= 11 is 0. The van der Waals surface area contributed by atoms with Crippen LogP contribution in [0.3, 0.4) is 0 Å². The van der Waals surface area contributed by atoms with E-state index >= 15 is 0 Å². The molecule has 0 radical (unpaired) electrons. The summed E-state index contributed by atoms with van der Waals surface area (Å²) < 4.78 is 25.1. The molecule has 0 fully saturated rings. The van der Waals surface area contributed by atoms with Crippen LogP contribution < -0.4 is 5.73 Å². The van der Waals surface area contributed by atoms with Crippen molar-refractivity contribution in [3.05, 3.63) is 54.9 Å². The molecule has 2 aromatic carbocycles. The van der Waals surface area contributed by atoms with Gasteiger partial charge >= 0.3 is 0 Å². The zero-order valence-corrected chi connectivity index (χ0v) is 13.6.